The number of hydrogen-bond donors (Lipinski definition) is 3. The minimum Gasteiger partial charge on any atom is -0.340 e. The van der Waals surface area contributed by atoms with Crippen LogP contribution in [0.4, 0.5) is 14.5 Å². The third-order valence-corrected chi connectivity index (χ3v) is 5.78. The zero-order chi connectivity index (χ0) is 24.5. The number of halogens is 2. The highest BCUT2D eigenvalue weighted by Crippen LogP contribution is 2.34. The van der Waals surface area contributed by atoms with Gasteiger partial charge < -0.3 is 20.0 Å². The Bertz CT molecular complexity index is 1150. The standard InChI is InChI=1S/C23H23F2N3O6/c1-14-8-16(20(34-32)9-19(14)33-31)22(30)28-10-15-4-2-5-18(17(15)11-28)26-21(29)6-3-7-27-12-23(24,25)13-27/h2-6,8-9,31-32H,7,10-13H2,1H3,(H,26,29)/b6-3+. The predicted molar refractivity (Wildman–Crippen MR) is 117 cm³/mol. The Kier molecular flexibility index (Phi) is 6.51. The van der Waals surface area contributed by atoms with Crippen molar-refractivity contribution in [3.05, 3.63) is 64.7 Å². The van der Waals surface area contributed by atoms with Gasteiger partial charge in [-0.2, -0.15) is 0 Å². The summed E-state index contributed by atoms with van der Waals surface area (Å²) in [6.07, 6.45) is 2.83. The van der Waals surface area contributed by atoms with Gasteiger partial charge in [0.2, 0.25) is 5.91 Å². The molecule has 0 spiro atoms. The quantitative estimate of drug-likeness (QED) is 0.320. The van der Waals surface area contributed by atoms with Gasteiger partial charge in [-0.25, -0.2) is 19.3 Å². The molecule has 2 heterocycles. The van der Waals surface area contributed by atoms with Crippen molar-refractivity contribution in [2.24, 2.45) is 0 Å². The van der Waals surface area contributed by atoms with Crippen LogP contribution in [0.3, 0.4) is 0 Å². The molecule has 1 fully saturated rings. The van der Waals surface area contributed by atoms with Gasteiger partial charge in [0.15, 0.2) is 11.5 Å². The summed E-state index contributed by atoms with van der Waals surface area (Å²) < 4.78 is 25.7. The maximum atomic E-state index is 13.1. The summed E-state index contributed by atoms with van der Waals surface area (Å²) in [5.41, 5.74) is 2.69. The van der Waals surface area contributed by atoms with E-state index in [1.807, 2.05) is 6.07 Å². The Morgan fingerprint density at radius 3 is 2.56 bits per heavy atom. The van der Waals surface area contributed by atoms with Crippen molar-refractivity contribution in [1.29, 1.82) is 0 Å². The van der Waals surface area contributed by atoms with Gasteiger partial charge in [0.25, 0.3) is 11.8 Å². The van der Waals surface area contributed by atoms with Gasteiger partial charge in [0.05, 0.1) is 18.7 Å². The first-order valence-corrected chi connectivity index (χ1v) is 10.5. The molecule has 2 amide bonds. The second-order valence-corrected chi connectivity index (χ2v) is 8.32. The number of aryl methyl sites for hydroxylation is 1. The second kappa shape index (κ2) is 9.37. The highest BCUT2D eigenvalue weighted by Gasteiger charge is 2.42. The number of alkyl halides is 2. The average Bonchev–Trinajstić information content (AvgIpc) is 3.22. The van der Waals surface area contributed by atoms with Crippen LogP contribution < -0.4 is 15.1 Å². The molecule has 0 aromatic heterocycles. The Morgan fingerprint density at radius 2 is 1.88 bits per heavy atom. The smallest absolute Gasteiger partial charge is 0.272 e. The first kappa shape index (κ1) is 23.6. The largest absolute Gasteiger partial charge is 0.340 e. The average molecular weight is 475 g/mol. The van der Waals surface area contributed by atoms with Gasteiger partial charge in [-0.1, -0.05) is 18.2 Å². The number of carbonyl (C=O) groups is 2. The number of likely N-dealkylation sites (tertiary alicyclic amines) is 1. The van der Waals surface area contributed by atoms with E-state index < -0.39 is 17.7 Å². The van der Waals surface area contributed by atoms with Crippen molar-refractivity contribution >= 4 is 17.5 Å². The van der Waals surface area contributed by atoms with Gasteiger partial charge in [0.1, 0.15) is 0 Å². The van der Waals surface area contributed by atoms with E-state index >= 15 is 0 Å². The Morgan fingerprint density at radius 1 is 1.15 bits per heavy atom. The lowest BCUT2D eigenvalue weighted by Crippen LogP contribution is -2.55. The summed E-state index contributed by atoms with van der Waals surface area (Å²) >= 11 is 0. The van der Waals surface area contributed by atoms with Crippen LogP contribution in [0.5, 0.6) is 11.5 Å². The number of hydrogen-bond acceptors (Lipinski definition) is 7. The molecule has 0 unspecified atom stereocenters. The summed E-state index contributed by atoms with van der Waals surface area (Å²) in [7, 11) is 0. The topological polar surface area (TPSA) is 112 Å². The maximum absolute atomic E-state index is 13.1. The molecule has 9 nitrogen and oxygen atoms in total. The second-order valence-electron chi connectivity index (χ2n) is 8.32. The minimum absolute atomic E-state index is 0.0335. The normalized spacial score (nSPS) is 16.8. The summed E-state index contributed by atoms with van der Waals surface area (Å²) in [5.74, 6) is -3.62. The van der Waals surface area contributed by atoms with Crippen LogP contribution in [0, 0.1) is 6.92 Å². The van der Waals surface area contributed by atoms with Crippen LogP contribution >= 0.6 is 0 Å². The van der Waals surface area contributed by atoms with E-state index in [4.69, 9.17) is 5.26 Å². The van der Waals surface area contributed by atoms with Crippen molar-refractivity contribution < 1.29 is 38.7 Å². The fourth-order valence-corrected chi connectivity index (χ4v) is 4.08. The fraction of sp³-hybridized carbons (Fsp3) is 0.304. The molecule has 3 N–H and O–H groups in total. The van der Waals surface area contributed by atoms with Crippen molar-refractivity contribution in [3.8, 4) is 11.5 Å². The Balaban J connectivity index is 1.43. The zero-order valence-corrected chi connectivity index (χ0v) is 18.3. The van der Waals surface area contributed by atoms with Crippen molar-refractivity contribution in [3.63, 3.8) is 0 Å². The lowest BCUT2D eigenvalue weighted by molar-refractivity contribution is -0.145. The number of anilines is 1. The molecule has 4 rings (SSSR count). The molecule has 11 heteroatoms. The van der Waals surface area contributed by atoms with E-state index in [9.17, 15) is 23.6 Å². The van der Waals surface area contributed by atoms with Crippen LogP contribution in [-0.2, 0) is 17.9 Å². The van der Waals surface area contributed by atoms with E-state index in [1.54, 1.807) is 19.1 Å². The molecule has 34 heavy (non-hydrogen) atoms. The molecule has 2 aliphatic rings. The van der Waals surface area contributed by atoms with Gasteiger partial charge >= 0.3 is 0 Å². The third-order valence-electron chi connectivity index (χ3n) is 5.78. The minimum atomic E-state index is -2.65. The number of carbonyl (C=O) groups excluding carboxylic acids is 2. The number of nitrogens with zero attached hydrogens (tertiary/aromatic N) is 2. The van der Waals surface area contributed by atoms with Crippen molar-refractivity contribution in [1.82, 2.24) is 9.80 Å². The first-order valence-electron chi connectivity index (χ1n) is 10.5. The monoisotopic (exact) mass is 475 g/mol. The molecule has 2 aromatic carbocycles. The lowest BCUT2D eigenvalue weighted by atomic mass is 10.1. The molecule has 0 atom stereocenters. The molecule has 0 aliphatic carbocycles. The molecule has 2 aliphatic heterocycles. The van der Waals surface area contributed by atoms with Gasteiger partial charge in [0, 0.05) is 43.0 Å². The van der Waals surface area contributed by atoms with Gasteiger partial charge in [-0.05, 0) is 30.2 Å². The van der Waals surface area contributed by atoms with Gasteiger partial charge in [-0.3, -0.25) is 14.5 Å². The molecule has 180 valence electrons. The van der Waals surface area contributed by atoms with E-state index in [2.05, 4.69) is 15.1 Å². The number of benzene rings is 2. The van der Waals surface area contributed by atoms with Crippen LogP contribution in [0.1, 0.15) is 27.0 Å². The lowest BCUT2D eigenvalue weighted by Gasteiger charge is -2.37. The third kappa shape index (κ3) is 4.86. The predicted octanol–water partition coefficient (Wildman–Crippen LogP) is 3.30. The highest BCUT2D eigenvalue weighted by molar-refractivity contribution is 6.01. The van der Waals surface area contributed by atoms with E-state index in [0.29, 0.717) is 11.3 Å². The van der Waals surface area contributed by atoms with Crippen LogP contribution in [0.25, 0.3) is 0 Å². The van der Waals surface area contributed by atoms with Crippen LogP contribution in [-0.4, -0.2) is 57.7 Å². The summed E-state index contributed by atoms with van der Waals surface area (Å²) in [4.78, 5) is 37.0. The van der Waals surface area contributed by atoms with Crippen molar-refractivity contribution in [2.45, 2.75) is 25.9 Å². The Labute approximate surface area is 193 Å². The number of rotatable bonds is 7. The van der Waals surface area contributed by atoms with E-state index in [-0.39, 0.29) is 49.8 Å². The number of fused-ring (bicyclic) bond motifs is 1. The van der Waals surface area contributed by atoms with Crippen LogP contribution in [0.2, 0.25) is 0 Å². The molecule has 0 radical (unpaired) electrons. The van der Waals surface area contributed by atoms with E-state index in [1.165, 1.54) is 34.1 Å². The Hall–Kier alpha value is -3.54. The zero-order valence-electron chi connectivity index (χ0n) is 18.3. The number of amides is 2. The molecular weight excluding hydrogens is 452 g/mol. The molecule has 0 saturated carbocycles. The molecule has 2 aromatic rings. The SMILES string of the molecule is Cc1cc(C(=O)N2Cc3cccc(NC(=O)/C=C/CN4CC(F)(F)C4)c3C2)c(OO)cc1OO. The maximum Gasteiger partial charge on any atom is 0.272 e. The van der Waals surface area contributed by atoms with Crippen LogP contribution in [0.15, 0.2) is 42.5 Å². The fourth-order valence-electron chi connectivity index (χ4n) is 4.08. The molecular formula is C23H23F2N3O6. The first-order chi connectivity index (χ1) is 16.2. The summed E-state index contributed by atoms with van der Waals surface area (Å²) in [6, 6.07) is 7.95. The molecule has 1 saturated heterocycles. The van der Waals surface area contributed by atoms with Gasteiger partial charge in [-0.15, -0.1) is 0 Å². The highest BCUT2D eigenvalue weighted by atomic mass is 19.3. The summed E-state index contributed by atoms with van der Waals surface area (Å²) in [6.45, 7) is 1.74. The number of nitrogens with one attached hydrogen (secondary N) is 1. The van der Waals surface area contributed by atoms with E-state index in [0.717, 1.165) is 11.1 Å². The molecule has 0 bridgehead atoms. The van der Waals surface area contributed by atoms with Crippen molar-refractivity contribution in [2.75, 3.05) is 25.0 Å². The summed E-state index contributed by atoms with van der Waals surface area (Å²) in [5, 5.41) is 20.9.